The predicted octanol–water partition coefficient (Wildman–Crippen LogP) is 2.39. The van der Waals surface area contributed by atoms with Gasteiger partial charge in [0.2, 0.25) is 0 Å². The number of nitrogens with two attached hydrogens (primary N) is 1. The Bertz CT molecular complexity index is 359. The summed E-state index contributed by atoms with van der Waals surface area (Å²) in [4.78, 5) is 0. The van der Waals surface area contributed by atoms with Crippen LogP contribution in [0.5, 0.6) is 5.75 Å². The SMILES string of the molecule is COc1cccc([C@@H]2[C@@H](CN)C2(C)C)c1. The van der Waals surface area contributed by atoms with Crippen molar-refractivity contribution in [3.05, 3.63) is 29.8 Å². The largest absolute Gasteiger partial charge is 0.497 e. The first kappa shape index (κ1) is 10.5. The monoisotopic (exact) mass is 205 g/mol. The van der Waals surface area contributed by atoms with Crippen LogP contribution in [-0.4, -0.2) is 13.7 Å². The normalized spacial score (nSPS) is 27.5. The van der Waals surface area contributed by atoms with Gasteiger partial charge in [-0.15, -0.1) is 0 Å². The van der Waals surface area contributed by atoms with Crippen molar-refractivity contribution < 1.29 is 4.74 Å². The summed E-state index contributed by atoms with van der Waals surface area (Å²) >= 11 is 0. The van der Waals surface area contributed by atoms with Gasteiger partial charge in [-0.3, -0.25) is 0 Å². The second-order valence-electron chi connectivity index (χ2n) is 4.92. The first-order chi connectivity index (χ1) is 7.11. The Morgan fingerprint density at radius 1 is 1.40 bits per heavy atom. The fourth-order valence-electron chi connectivity index (χ4n) is 2.68. The Morgan fingerprint density at radius 2 is 2.13 bits per heavy atom. The van der Waals surface area contributed by atoms with E-state index in [0.717, 1.165) is 12.3 Å². The average molecular weight is 205 g/mol. The highest BCUT2D eigenvalue weighted by atomic mass is 16.5. The third-order valence-electron chi connectivity index (χ3n) is 3.76. The maximum atomic E-state index is 5.78. The molecule has 0 saturated heterocycles. The van der Waals surface area contributed by atoms with E-state index >= 15 is 0 Å². The lowest BCUT2D eigenvalue weighted by Crippen LogP contribution is -2.05. The average Bonchev–Trinajstić information content (AvgIpc) is 2.80. The minimum absolute atomic E-state index is 0.348. The van der Waals surface area contributed by atoms with E-state index in [0.29, 0.717) is 17.3 Å². The number of hydrogen-bond acceptors (Lipinski definition) is 2. The highest BCUT2D eigenvalue weighted by Gasteiger charge is 2.57. The van der Waals surface area contributed by atoms with E-state index in [-0.39, 0.29) is 0 Å². The van der Waals surface area contributed by atoms with Gasteiger partial charge in [0, 0.05) is 0 Å². The van der Waals surface area contributed by atoms with E-state index in [2.05, 4.69) is 32.0 Å². The number of hydrogen-bond donors (Lipinski definition) is 1. The van der Waals surface area contributed by atoms with Crippen molar-refractivity contribution in [1.82, 2.24) is 0 Å². The molecule has 1 aromatic carbocycles. The molecule has 1 aliphatic rings. The molecular formula is C13H19NO. The van der Waals surface area contributed by atoms with Crippen LogP contribution in [0.4, 0.5) is 0 Å². The van der Waals surface area contributed by atoms with Crippen molar-refractivity contribution in [2.75, 3.05) is 13.7 Å². The quantitative estimate of drug-likeness (QED) is 0.822. The van der Waals surface area contributed by atoms with Crippen molar-refractivity contribution in [3.63, 3.8) is 0 Å². The minimum Gasteiger partial charge on any atom is -0.497 e. The Hall–Kier alpha value is -1.02. The van der Waals surface area contributed by atoms with E-state index in [4.69, 9.17) is 10.5 Å². The first-order valence-electron chi connectivity index (χ1n) is 5.45. The van der Waals surface area contributed by atoms with Crippen LogP contribution in [0.25, 0.3) is 0 Å². The molecule has 2 rings (SSSR count). The van der Waals surface area contributed by atoms with Crippen LogP contribution in [0.1, 0.15) is 25.3 Å². The molecule has 15 heavy (non-hydrogen) atoms. The molecule has 1 saturated carbocycles. The van der Waals surface area contributed by atoms with Gasteiger partial charge in [-0.1, -0.05) is 26.0 Å². The summed E-state index contributed by atoms with van der Waals surface area (Å²) < 4.78 is 5.24. The molecule has 0 aromatic heterocycles. The van der Waals surface area contributed by atoms with Gasteiger partial charge in [0.15, 0.2) is 0 Å². The zero-order valence-corrected chi connectivity index (χ0v) is 9.66. The van der Waals surface area contributed by atoms with Crippen LogP contribution in [0.2, 0.25) is 0 Å². The molecule has 0 heterocycles. The summed E-state index contributed by atoms with van der Waals surface area (Å²) in [5.74, 6) is 2.15. The second-order valence-corrected chi connectivity index (χ2v) is 4.92. The van der Waals surface area contributed by atoms with Crippen LogP contribution in [0, 0.1) is 11.3 Å². The molecule has 0 bridgehead atoms. The van der Waals surface area contributed by atoms with Crippen LogP contribution >= 0.6 is 0 Å². The van der Waals surface area contributed by atoms with Gasteiger partial charge >= 0.3 is 0 Å². The molecule has 0 unspecified atom stereocenters. The molecule has 2 heteroatoms. The lowest BCUT2D eigenvalue weighted by atomic mass is 10.0. The van der Waals surface area contributed by atoms with E-state index in [1.54, 1.807) is 7.11 Å². The van der Waals surface area contributed by atoms with Gasteiger partial charge < -0.3 is 10.5 Å². The van der Waals surface area contributed by atoms with Crippen molar-refractivity contribution in [2.45, 2.75) is 19.8 Å². The molecule has 1 fully saturated rings. The summed E-state index contributed by atoms with van der Waals surface area (Å²) in [7, 11) is 1.71. The first-order valence-corrected chi connectivity index (χ1v) is 5.45. The number of methoxy groups -OCH3 is 1. The van der Waals surface area contributed by atoms with Crippen LogP contribution < -0.4 is 10.5 Å². The smallest absolute Gasteiger partial charge is 0.119 e. The Labute approximate surface area is 91.4 Å². The molecule has 2 atom stereocenters. The Balaban J connectivity index is 2.24. The maximum absolute atomic E-state index is 5.78. The molecule has 1 aromatic rings. The maximum Gasteiger partial charge on any atom is 0.119 e. The van der Waals surface area contributed by atoms with Crippen LogP contribution in [0.3, 0.4) is 0 Å². The molecule has 82 valence electrons. The lowest BCUT2D eigenvalue weighted by molar-refractivity contribution is 0.414. The van der Waals surface area contributed by atoms with Gasteiger partial charge in [-0.2, -0.15) is 0 Å². The zero-order chi connectivity index (χ0) is 11.1. The summed E-state index contributed by atoms with van der Waals surface area (Å²) in [6.07, 6.45) is 0. The molecule has 1 aliphatic carbocycles. The fourth-order valence-corrected chi connectivity index (χ4v) is 2.68. The molecule has 2 nitrogen and oxygen atoms in total. The summed E-state index contributed by atoms with van der Waals surface area (Å²) in [5, 5.41) is 0. The van der Waals surface area contributed by atoms with Gasteiger partial charge in [0.05, 0.1) is 7.11 Å². The third kappa shape index (κ3) is 1.63. The number of ether oxygens (including phenoxy) is 1. The molecular weight excluding hydrogens is 186 g/mol. The number of rotatable bonds is 3. The molecule has 0 radical (unpaired) electrons. The number of benzene rings is 1. The summed E-state index contributed by atoms with van der Waals surface area (Å²) in [6, 6.07) is 8.33. The van der Waals surface area contributed by atoms with Crippen LogP contribution in [-0.2, 0) is 0 Å². The minimum atomic E-state index is 0.348. The molecule has 0 spiro atoms. The van der Waals surface area contributed by atoms with Gasteiger partial charge in [-0.25, -0.2) is 0 Å². The second kappa shape index (κ2) is 3.53. The van der Waals surface area contributed by atoms with E-state index in [9.17, 15) is 0 Å². The summed E-state index contributed by atoms with van der Waals surface area (Å²) in [6.45, 7) is 5.35. The van der Waals surface area contributed by atoms with E-state index < -0.39 is 0 Å². The van der Waals surface area contributed by atoms with Gasteiger partial charge in [0.1, 0.15) is 5.75 Å². The Morgan fingerprint density at radius 3 is 2.67 bits per heavy atom. The van der Waals surface area contributed by atoms with Crippen LogP contribution in [0.15, 0.2) is 24.3 Å². The Kier molecular flexibility index (Phi) is 2.47. The fraction of sp³-hybridized carbons (Fsp3) is 0.538. The van der Waals surface area contributed by atoms with Gasteiger partial charge in [-0.05, 0) is 41.5 Å². The van der Waals surface area contributed by atoms with Crippen molar-refractivity contribution in [2.24, 2.45) is 17.1 Å². The third-order valence-corrected chi connectivity index (χ3v) is 3.76. The standard InChI is InChI=1S/C13H19NO/c1-13(2)11(8-14)12(13)9-5-4-6-10(7-9)15-3/h4-7,11-12H,8,14H2,1-3H3/t11-,12-/m1/s1. The van der Waals surface area contributed by atoms with Crippen molar-refractivity contribution >= 4 is 0 Å². The van der Waals surface area contributed by atoms with Crippen molar-refractivity contribution in [1.29, 1.82) is 0 Å². The highest BCUT2D eigenvalue weighted by molar-refractivity contribution is 5.37. The molecule has 0 amide bonds. The van der Waals surface area contributed by atoms with Gasteiger partial charge in [0.25, 0.3) is 0 Å². The molecule has 2 N–H and O–H groups in total. The van der Waals surface area contributed by atoms with Crippen molar-refractivity contribution in [3.8, 4) is 5.75 Å². The van der Waals surface area contributed by atoms with E-state index in [1.165, 1.54) is 5.56 Å². The molecule has 0 aliphatic heterocycles. The lowest BCUT2D eigenvalue weighted by Gasteiger charge is -2.05. The zero-order valence-electron chi connectivity index (χ0n) is 9.66. The topological polar surface area (TPSA) is 35.2 Å². The predicted molar refractivity (Wildman–Crippen MR) is 62.1 cm³/mol. The highest BCUT2D eigenvalue weighted by Crippen LogP contribution is 2.63. The van der Waals surface area contributed by atoms with E-state index in [1.807, 2.05) is 6.07 Å². The summed E-state index contributed by atoms with van der Waals surface area (Å²) in [5.41, 5.74) is 7.48.